The van der Waals surface area contributed by atoms with E-state index in [1.165, 1.54) is 11.8 Å². The second kappa shape index (κ2) is 12.2. The van der Waals surface area contributed by atoms with E-state index in [4.69, 9.17) is 34.0 Å². The van der Waals surface area contributed by atoms with E-state index in [0.29, 0.717) is 29.5 Å². The lowest BCUT2D eigenvalue weighted by atomic mass is 10.1. The summed E-state index contributed by atoms with van der Waals surface area (Å²) in [4.78, 5) is 18.5. The maximum atomic E-state index is 13.3. The third-order valence-corrected chi connectivity index (χ3v) is 7.05. The van der Waals surface area contributed by atoms with Crippen molar-refractivity contribution in [3.8, 4) is 0 Å². The Hall–Kier alpha value is -2.90. The van der Waals surface area contributed by atoms with Crippen molar-refractivity contribution in [2.45, 2.75) is 38.2 Å². The van der Waals surface area contributed by atoms with Crippen LogP contribution in [0.2, 0.25) is 5.02 Å². The molecule has 6 nitrogen and oxygen atoms in total. The minimum absolute atomic E-state index is 0.00944. The molecule has 2 aliphatic rings. The van der Waals surface area contributed by atoms with Gasteiger partial charge in [0.2, 0.25) is 5.76 Å². The van der Waals surface area contributed by atoms with Gasteiger partial charge in [0, 0.05) is 49.5 Å². The van der Waals surface area contributed by atoms with E-state index in [1.807, 2.05) is 18.2 Å². The zero-order chi connectivity index (χ0) is 24.6. The molecule has 1 aliphatic heterocycles. The fourth-order valence-corrected chi connectivity index (χ4v) is 5.08. The summed E-state index contributed by atoms with van der Waals surface area (Å²) in [6, 6.07) is 17.3. The van der Waals surface area contributed by atoms with Crippen molar-refractivity contribution in [2.75, 3.05) is 31.5 Å². The van der Waals surface area contributed by atoms with Crippen LogP contribution in [0, 0.1) is 5.41 Å². The molecule has 2 aromatic carbocycles. The van der Waals surface area contributed by atoms with E-state index >= 15 is 0 Å². The van der Waals surface area contributed by atoms with Crippen molar-refractivity contribution < 1.29 is 9.53 Å². The number of rotatable bonds is 8. The van der Waals surface area contributed by atoms with Crippen LogP contribution in [0.25, 0.3) is 0 Å². The maximum absolute atomic E-state index is 13.3. The van der Waals surface area contributed by atoms with Crippen LogP contribution in [-0.2, 0) is 16.0 Å². The van der Waals surface area contributed by atoms with Gasteiger partial charge in [0.15, 0.2) is 0 Å². The molecule has 2 fully saturated rings. The number of allylic oxidation sites excluding steroid dienone is 1. The Balaban J connectivity index is 1.48. The number of nitrogens with one attached hydrogen (secondary N) is 2. The molecule has 184 valence electrons. The largest absolute Gasteiger partial charge is 0.483 e. The first kappa shape index (κ1) is 25.2. The number of benzene rings is 2. The van der Waals surface area contributed by atoms with Gasteiger partial charge in [-0.15, -0.1) is 0 Å². The second-order valence-corrected chi connectivity index (χ2v) is 9.79. The number of ether oxygens (including phenoxy) is 1. The first-order valence-electron chi connectivity index (χ1n) is 12.1. The van der Waals surface area contributed by atoms with Crippen molar-refractivity contribution in [2.24, 2.45) is 0 Å². The highest BCUT2D eigenvalue weighted by molar-refractivity contribution is 7.80. The SMILES string of the molecule is N=CC(=C(OC1CCCC1)C(=O)Nc1cccc(Cl)c1)N1CCN(C(=S)Cc2ccccc2)CC1. The number of amides is 1. The Morgan fingerprint density at radius 3 is 2.40 bits per heavy atom. The molecule has 2 aromatic rings. The van der Waals surface area contributed by atoms with E-state index in [-0.39, 0.29) is 17.8 Å². The predicted molar refractivity (Wildman–Crippen MR) is 145 cm³/mol. The number of nitrogens with zero attached hydrogens (tertiary/aromatic N) is 2. The zero-order valence-corrected chi connectivity index (χ0v) is 21.3. The third-order valence-electron chi connectivity index (χ3n) is 6.42. The van der Waals surface area contributed by atoms with Crippen LogP contribution in [0.15, 0.2) is 66.1 Å². The van der Waals surface area contributed by atoms with Gasteiger partial charge in [0.1, 0.15) is 5.70 Å². The van der Waals surface area contributed by atoms with Crippen molar-refractivity contribution in [3.05, 3.63) is 76.6 Å². The first-order chi connectivity index (χ1) is 17.0. The van der Waals surface area contributed by atoms with Crippen molar-refractivity contribution in [1.82, 2.24) is 9.80 Å². The van der Waals surface area contributed by atoms with Crippen molar-refractivity contribution >= 4 is 46.6 Å². The standard InChI is InChI=1S/C27H31ClN4O2S/c28-21-9-6-10-22(18-21)30-27(33)26(34-23-11-4-5-12-23)24(19-29)31-13-15-32(16-14-31)25(35)17-20-7-2-1-3-8-20/h1-3,6-10,18-19,23,29H,4-5,11-17H2,(H,30,33). The Kier molecular flexibility index (Phi) is 8.77. The van der Waals surface area contributed by atoms with Crippen LogP contribution >= 0.6 is 23.8 Å². The van der Waals surface area contributed by atoms with Gasteiger partial charge in [-0.3, -0.25) is 4.79 Å². The molecule has 0 radical (unpaired) electrons. The monoisotopic (exact) mass is 510 g/mol. The Bertz CT molecular complexity index is 1080. The lowest BCUT2D eigenvalue weighted by molar-refractivity contribution is -0.117. The third kappa shape index (κ3) is 6.83. The molecule has 0 aromatic heterocycles. The molecular formula is C27H31ClN4O2S. The molecule has 1 heterocycles. The second-order valence-electron chi connectivity index (χ2n) is 8.88. The van der Waals surface area contributed by atoms with Crippen LogP contribution in [0.4, 0.5) is 5.69 Å². The van der Waals surface area contributed by atoms with Crippen molar-refractivity contribution in [3.63, 3.8) is 0 Å². The Morgan fingerprint density at radius 1 is 1.06 bits per heavy atom. The first-order valence-corrected chi connectivity index (χ1v) is 12.9. The summed E-state index contributed by atoms with van der Waals surface area (Å²) in [6.45, 7) is 2.77. The number of hydrogen-bond donors (Lipinski definition) is 2. The number of halogens is 1. The van der Waals surface area contributed by atoms with Crippen LogP contribution in [0.5, 0.6) is 0 Å². The minimum atomic E-state index is -0.361. The van der Waals surface area contributed by atoms with Gasteiger partial charge in [0.05, 0.1) is 11.1 Å². The minimum Gasteiger partial charge on any atom is -0.483 e. The summed E-state index contributed by atoms with van der Waals surface area (Å²) in [6.07, 6.45) is 5.98. The number of hydrogen-bond acceptors (Lipinski definition) is 5. The predicted octanol–water partition coefficient (Wildman–Crippen LogP) is 5.29. The van der Waals surface area contributed by atoms with Gasteiger partial charge in [0.25, 0.3) is 5.91 Å². The fraction of sp³-hybridized carbons (Fsp3) is 0.370. The fourth-order valence-electron chi connectivity index (χ4n) is 4.54. The highest BCUT2D eigenvalue weighted by Crippen LogP contribution is 2.26. The Labute approximate surface area is 217 Å². The molecule has 0 unspecified atom stereocenters. The lowest BCUT2D eigenvalue weighted by Crippen LogP contribution is -2.49. The number of anilines is 1. The molecular weight excluding hydrogens is 480 g/mol. The summed E-state index contributed by atoms with van der Waals surface area (Å²) in [7, 11) is 0. The molecule has 1 saturated heterocycles. The molecule has 35 heavy (non-hydrogen) atoms. The van der Waals surface area contributed by atoms with Gasteiger partial charge in [-0.05, 0) is 49.4 Å². The normalized spacial score (nSPS) is 17.1. The van der Waals surface area contributed by atoms with Gasteiger partial charge in [-0.2, -0.15) is 0 Å². The number of carbonyl (C=O) groups excluding carboxylic acids is 1. The average molecular weight is 511 g/mol. The van der Waals surface area contributed by atoms with Gasteiger partial charge < -0.3 is 25.3 Å². The molecule has 1 amide bonds. The number of thiocarbonyl (C=S) groups is 1. The van der Waals surface area contributed by atoms with Crippen LogP contribution in [0.3, 0.4) is 0 Å². The maximum Gasteiger partial charge on any atom is 0.293 e. The van der Waals surface area contributed by atoms with Crippen LogP contribution in [0.1, 0.15) is 31.2 Å². The summed E-state index contributed by atoms with van der Waals surface area (Å²) in [5.74, 6) is -0.160. The molecule has 8 heteroatoms. The van der Waals surface area contributed by atoms with Gasteiger partial charge >= 0.3 is 0 Å². The lowest BCUT2D eigenvalue weighted by Gasteiger charge is -2.38. The van der Waals surface area contributed by atoms with Crippen LogP contribution < -0.4 is 5.32 Å². The number of piperazine rings is 1. The molecule has 4 rings (SSSR count). The number of carbonyl (C=O) groups is 1. The van der Waals surface area contributed by atoms with Crippen LogP contribution in [-0.4, -0.2) is 59.2 Å². The topological polar surface area (TPSA) is 68.7 Å². The zero-order valence-electron chi connectivity index (χ0n) is 19.7. The molecule has 0 spiro atoms. The summed E-state index contributed by atoms with van der Waals surface area (Å²) < 4.78 is 6.24. The highest BCUT2D eigenvalue weighted by Gasteiger charge is 2.28. The molecule has 1 aliphatic carbocycles. The van der Waals surface area contributed by atoms with E-state index in [2.05, 4.69) is 27.2 Å². The van der Waals surface area contributed by atoms with Gasteiger partial charge in [-0.25, -0.2) is 0 Å². The average Bonchev–Trinajstić information content (AvgIpc) is 3.38. The Morgan fingerprint density at radius 2 is 1.74 bits per heavy atom. The molecule has 0 bridgehead atoms. The van der Waals surface area contributed by atoms with E-state index < -0.39 is 0 Å². The van der Waals surface area contributed by atoms with Crippen molar-refractivity contribution in [1.29, 1.82) is 5.41 Å². The molecule has 0 atom stereocenters. The quantitative estimate of drug-likeness (QED) is 0.219. The van der Waals surface area contributed by atoms with E-state index in [9.17, 15) is 4.79 Å². The smallest absolute Gasteiger partial charge is 0.293 e. The molecule has 2 N–H and O–H groups in total. The highest BCUT2D eigenvalue weighted by atomic mass is 35.5. The summed E-state index contributed by atoms with van der Waals surface area (Å²) >= 11 is 11.8. The summed E-state index contributed by atoms with van der Waals surface area (Å²) in [5.41, 5.74) is 2.30. The van der Waals surface area contributed by atoms with Gasteiger partial charge in [-0.1, -0.05) is 60.2 Å². The van der Waals surface area contributed by atoms with E-state index in [1.54, 1.807) is 24.3 Å². The summed E-state index contributed by atoms with van der Waals surface area (Å²) in [5, 5.41) is 11.6. The van der Waals surface area contributed by atoms with E-state index in [0.717, 1.165) is 50.2 Å². The molecule has 1 saturated carbocycles.